The zero-order valence-corrected chi connectivity index (χ0v) is 15.5. The Morgan fingerprint density at radius 2 is 2.00 bits per heavy atom. The van der Waals surface area contributed by atoms with Crippen molar-refractivity contribution in [3.05, 3.63) is 68.9 Å². The summed E-state index contributed by atoms with van der Waals surface area (Å²) in [5.74, 6) is -0.160. The molecule has 7 nitrogen and oxygen atoms in total. The Labute approximate surface area is 159 Å². The second-order valence-electron chi connectivity index (χ2n) is 6.33. The molecule has 0 aliphatic carbocycles. The highest BCUT2D eigenvalue weighted by molar-refractivity contribution is 7.13. The molecular formula is C19H18N4O3S. The van der Waals surface area contributed by atoms with E-state index in [4.69, 9.17) is 4.74 Å². The molecule has 1 N–H and O–H groups in total. The molecule has 4 heterocycles. The number of aromatic nitrogens is 3. The Hall–Kier alpha value is -2.84. The van der Waals surface area contributed by atoms with Crippen molar-refractivity contribution in [3.63, 3.8) is 0 Å². The minimum Gasteiger partial charge on any atom is -0.377 e. The molecule has 2 atom stereocenters. The van der Waals surface area contributed by atoms with Gasteiger partial charge in [0, 0.05) is 28.9 Å². The molecule has 3 aromatic rings. The summed E-state index contributed by atoms with van der Waals surface area (Å²) in [4.78, 5) is 30.6. The minimum atomic E-state index is -0.357. The third-order valence-corrected chi connectivity index (χ3v) is 5.45. The van der Waals surface area contributed by atoms with Crippen LogP contribution in [0.2, 0.25) is 0 Å². The largest absolute Gasteiger partial charge is 0.377 e. The van der Waals surface area contributed by atoms with Crippen LogP contribution in [0.3, 0.4) is 0 Å². The molecule has 1 amide bonds. The van der Waals surface area contributed by atoms with Crippen molar-refractivity contribution in [2.45, 2.75) is 19.0 Å². The Morgan fingerprint density at radius 3 is 2.74 bits per heavy atom. The zero-order valence-electron chi connectivity index (χ0n) is 14.7. The highest BCUT2D eigenvalue weighted by Gasteiger charge is 2.33. The third-order valence-electron chi connectivity index (χ3n) is 4.45. The summed E-state index contributed by atoms with van der Waals surface area (Å²) in [6, 6.07) is 9.87. The van der Waals surface area contributed by atoms with Gasteiger partial charge < -0.3 is 10.1 Å². The van der Waals surface area contributed by atoms with E-state index >= 15 is 0 Å². The van der Waals surface area contributed by atoms with Crippen molar-refractivity contribution >= 4 is 17.2 Å². The van der Waals surface area contributed by atoms with Gasteiger partial charge in [0.2, 0.25) is 0 Å². The maximum absolute atomic E-state index is 12.5. The normalized spacial score (nSPS) is 19.1. The molecule has 0 spiro atoms. The first kappa shape index (κ1) is 17.6. The van der Waals surface area contributed by atoms with Gasteiger partial charge in [0.1, 0.15) is 6.04 Å². The second-order valence-corrected chi connectivity index (χ2v) is 7.62. The van der Waals surface area contributed by atoms with Crippen LogP contribution in [0.4, 0.5) is 0 Å². The van der Waals surface area contributed by atoms with Gasteiger partial charge in [-0.3, -0.25) is 14.6 Å². The van der Waals surface area contributed by atoms with E-state index in [1.807, 2.05) is 25.1 Å². The second kappa shape index (κ2) is 7.42. The lowest BCUT2D eigenvalue weighted by Crippen LogP contribution is -2.43. The Morgan fingerprint density at radius 1 is 1.19 bits per heavy atom. The van der Waals surface area contributed by atoms with E-state index < -0.39 is 0 Å². The molecule has 0 bridgehead atoms. The molecule has 4 rings (SSSR count). The molecule has 0 saturated carbocycles. The van der Waals surface area contributed by atoms with Gasteiger partial charge in [-0.15, -0.1) is 11.3 Å². The van der Waals surface area contributed by atoms with Crippen LogP contribution in [-0.4, -0.2) is 39.9 Å². The van der Waals surface area contributed by atoms with Gasteiger partial charge in [0.15, 0.2) is 0 Å². The van der Waals surface area contributed by atoms with Crippen molar-refractivity contribution in [3.8, 4) is 11.3 Å². The van der Waals surface area contributed by atoms with Gasteiger partial charge >= 0.3 is 0 Å². The van der Waals surface area contributed by atoms with E-state index in [0.717, 1.165) is 10.4 Å². The molecule has 1 aliphatic heterocycles. The average molecular weight is 382 g/mol. The van der Waals surface area contributed by atoms with Gasteiger partial charge in [-0.1, -0.05) is 0 Å². The van der Waals surface area contributed by atoms with Crippen LogP contribution >= 0.6 is 11.3 Å². The summed E-state index contributed by atoms with van der Waals surface area (Å²) in [7, 11) is 0. The molecule has 1 fully saturated rings. The smallest absolute Gasteiger partial charge is 0.267 e. The van der Waals surface area contributed by atoms with Crippen LogP contribution in [0.5, 0.6) is 0 Å². The summed E-state index contributed by atoms with van der Waals surface area (Å²) in [6.45, 7) is 2.62. The van der Waals surface area contributed by atoms with Crippen molar-refractivity contribution in [2.24, 2.45) is 0 Å². The first-order valence-corrected chi connectivity index (χ1v) is 9.39. The van der Waals surface area contributed by atoms with Gasteiger partial charge in [0.05, 0.1) is 29.8 Å². The van der Waals surface area contributed by atoms with E-state index in [9.17, 15) is 9.59 Å². The quantitative estimate of drug-likeness (QED) is 0.746. The van der Waals surface area contributed by atoms with Gasteiger partial charge in [-0.05, 0) is 37.3 Å². The number of carbonyl (C=O) groups excluding carboxylic acids is 1. The first-order valence-electron chi connectivity index (χ1n) is 8.57. The molecular weight excluding hydrogens is 364 g/mol. The monoisotopic (exact) mass is 382 g/mol. The van der Waals surface area contributed by atoms with E-state index in [1.165, 1.54) is 22.1 Å². The number of aryl methyl sites for hydroxylation is 1. The van der Waals surface area contributed by atoms with Crippen LogP contribution < -0.4 is 10.9 Å². The number of pyridine rings is 1. The molecule has 0 aromatic carbocycles. The molecule has 8 heteroatoms. The third kappa shape index (κ3) is 3.67. The highest BCUT2D eigenvalue weighted by atomic mass is 32.1. The number of hydrogen-bond donors (Lipinski definition) is 1. The molecule has 138 valence electrons. The molecule has 2 unspecified atom stereocenters. The summed E-state index contributed by atoms with van der Waals surface area (Å²) in [6.07, 6.45) is 3.36. The van der Waals surface area contributed by atoms with Gasteiger partial charge in [0.25, 0.3) is 11.5 Å². The van der Waals surface area contributed by atoms with Gasteiger partial charge in [-0.25, -0.2) is 4.68 Å². The number of nitrogens with zero attached hydrogens (tertiary/aromatic N) is 3. The Kier molecular flexibility index (Phi) is 4.83. The number of amides is 1. The fourth-order valence-corrected chi connectivity index (χ4v) is 3.83. The van der Waals surface area contributed by atoms with E-state index in [1.54, 1.807) is 24.5 Å². The minimum absolute atomic E-state index is 0.160. The van der Waals surface area contributed by atoms with Crippen LogP contribution in [-0.2, 0) is 4.74 Å². The number of ether oxygens (including phenoxy) is 1. The Balaban J connectivity index is 1.60. The van der Waals surface area contributed by atoms with Crippen LogP contribution in [0.15, 0.2) is 53.6 Å². The lowest BCUT2D eigenvalue weighted by molar-refractivity contribution is 0.0929. The number of rotatable bonds is 4. The van der Waals surface area contributed by atoms with Crippen molar-refractivity contribution in [1.82, 2.24) is 20.1 Å². The highest BCUT2D eigenvalue weighted by Crippen LogP contribution is 2.21. The predicted octanol–water partition coefficient (Wildman–Crippen LogP) is 2.05. The summed E-state index contributed by atoms with van der Waals surface area (Å²) >= 11 is 1.44. The lowest BCUT2D eigenvalue weighted by Gasteiger charge is -2.20. The standard InChI is InChI=1S/C19H18N4O3S/c1-12-2-4-17(27-12)19(25)21-15-10-26-11-16(15)23-18(24)5-3-14(22-23)13-6-8-20-9-7-13/h2-9,15-16H,10-11H2,1H3,(H,21,25). The first-order chi connectivity index (χ1) is 13.1. The van der Waals surface area contributed by atoms with Crippen molar-refractivity contribution < 1.29 is 9.53 Å². The summed E-state index contributed by atoms with van der Waals surface area (Å²) < 4.78 is 6.96. The lowest BCUT2D eigenvalue weighted by atomic mass is 10.1. The number of hydrogen-bond acceptors (Lipinski definition) is 6. The maximum atomic E-state index is 12.5. The van der Waals surface area contributed by atoms with Crippen molar-refractivity contribution in [2.75, 3.05) is 13.2 Å². The van der Waals surface area contributed by atoms with Crippen molar-refractivity contribution in [1.29, 1.82) is 0 Å². The maximum Gasteiger partial charge on any atom is 0.267 e. The molecule has 1 aliphatic rings. The molecule has 0 radical (unpaired) electrons. The SMILES string of the molecule is Cc1ccc(C(=O)NC2COCC2n2nc(-c3ccncc3)ccc2=O)s1. The summed E-state index contributed by atoms with van der Waals surface area (Å²) in [5, 5.41) is 7.49. The molecule has 1 saturated heterocycles. The Bertz CT molecular complexity index is 1020. The molecule has 3 aromatic heterocycles. The van der Waals surface area contributed by atoms with Crippen LogP contribution in [0.1, 0.15) is 20.6 Å². The topological polar surface area (TPSA) is 86.1 Å². The van der Waals surface area contributed by atoms with Gasteiger partial charge in [-0.2, -0.15) is 5.10 Å². The fourth-order valence-electron chi connectivity index (χ4n) is 3.06. The van der Waals surface area contributed by atoms with Crippen LogP contribution in [0.25, 0.3) is 11.3 Å². The van der Waals surface area contributed by atoms with E-state index in [-0.39, 0.29) is 23.6 Å². The summed E-state index contributed by atoms with van der Waals surface area (Å²) in [5.41, 5.74) is 1.31. The van der Waals surface area contributed by atoms with Crippen LogP contribution in [0, 0.1) is 6.92 Å². The zero-order chi connectivity index (χ0) is 18.8. The van der Waals surface area contributed by atoms with E-state index in [2.05, 4.69) is 15.4 Å². The number of nitrogens with one attached hydrogen (secondary N) is 1. The van der Waals surface area contributed by atoms with E-state index in [0.29, 0.717) is 23.8 Å². The number of carbonyl (C=O) groups is 1. The average Bonchev–Trinajstić information content (AvgIpc) is 3.32. The fraction of sp³-hybridized carbons (Fsp3) is 0.263. The predicted molar refractivity (Wildman–Crippen MR) is 102 cm³/mol. The molecule has 27 heavy (non-hydrogen) atoms. The number of thiophene rings is 1.